The van der Waals surface area contributed by atoms with E-state index < -0.39 is 0 Å². The van der Waals surface area contributed by atoms with E-state index in [1.165, 1.54) is 56.4 Å². The topological polar surface area (TPSA) is 41.1 Å². The summed E-state index contributed by atoms with van der Waals surface area (Å²) >= 11 is 0. The minimum Gasteiger partial charge on any atom is -0.355 e. The molecule has 1 saturated carbocycles. The van der Waals surface area contributed by atoms with Crippen LogP contribution in [0.4, 0.5) is 8.78 Å². The molecule has 0 aromatic heterocycles. The number of amides is 1. The van der Waals surface area contributed by atoms with Gasteiger partial charge in [-0.1, -0.05) is 57.4 Å². The number of nitrogens with one attached hydrogen (secondary N) is 2. The quantitative estimate of drug-likeness (QED) is 0.344. The number of rotatable bonds is 12. The molecule has 3 nitrogen and oxygen atoms in total. The fourth-order valence-electron chi connectivity index (χ4n) is 5.01. The molecule has 186 valence electrons. The Kier molecular flexibility index (Phi) is 10.5. The molecule has 1 aliphatic rings. The van der Waals surface area contributed by atoms with E-state index in [2.05, 4.69) is 24.5 Å². The van der Waals surface area contributed by atoms with Crippen molar-refractivity contribution in [2.24, 2.45) is 11.8 Å². The summed E-state index contributed by atoms with van der Waals surface area (Å²) in [5.74, 6) is 0.675. The summed E-state index contributed by atoms with van der Waals surface area (Å²) in [7, 11) is 0. The number of carbonyl (C=O) groups is 1. The van der Waals surface area contributed by atoms with Crippen LogP contribution >= 0.6 is 0 Å². The van der Waals surface area contributed by atoms with Crippen LogP contribution in [-0.2, 0) is 4.79 Å². The van der Waals surface area contributed by atoms with Crippen molar-refractivity contribution in [1.82, 2.24) is 10.6 Å². The molecule has 2 aromatic carbocycles. The molecule has 0 heterocycles. The number of hydrogen-bond donors (Lipinski definition) is 2. The maximum absolute atomic E-state index is 13.4. The van der Waals surface area contributed by atoms with Crippen LogP contribution in [0.5, 0.6) is 0 Å². The second-order valence-electron chi connectivity index (χ2n) is 10.2. The highest BCUT2D eigenvalue weighted by Crippen LogP contribution is 2.29. The van der Waals surface area contributed by atoms with Crippen LogP contribution in [0.15, 0.2) is 48.5 Å². The van der Waals surface area contributed by atoms with E-state index >= 15 is 0 Å². The first-order valence-electron chi connectivity index (χ1n) is 12.9. The second-order valence-corrected chi connectivity index (χ2v) is 10.2. The van der Waals surface area contributed by atoms with Crippen molar-refractivity contribution < 1.29 is 13.6 Å². The van der Waals surface area contributed by atoms with E-state index in [4.69, 9.17) is 0 Å². The van der Waals surface area contributed by atoms with Crippen LogP contribution in [0.1, 0.15) is 82.3 Å². The molecule has 5 heteroatoms. The molecule has 0 saturated heterocycles. The standard InChI is InChI=1S/C29H40F2N2O/c1-21(2)19-28(33-20-22-7-4-3-5-8-22)29(34)32-18-6-9-27(23-10-14-25(30)15-11-23)24-12-16-26(31)17-13-24/h10-17,21-22,27-28,33H,3-9,18-20H2,1-2H3,(H,32,34). The summed E-state index contributed by atoms with van der Waals surface area (Å²) in [5, 5.41) is 6.68. The van der Waals surface area contributed by atoms with E-state index in [1.807, 2.05) is 0 Å². The van der Waals surface area contributed by atoms with Crippen molar-refractivity contribution in [3.05, 3.63) is 71.3 Å². The lowest BCUT2D eigenvalue weighted by Crippen LogP contribution is -2.46. The molecular formula is C29H40F2N2O. The molecule has 3 rings (SSSR count). The van der Waals surface area contributed by atoms with E-state index in [1.54, 1.807) is 24.3 Å². The summed E-state index contributed by atoms with van der Waals surface area (Å²) < 4.78 is 26.9. The third-order valence-corrected chi connectivity index (χ3v) is 6.91. The number of halogens is 2. The van der Waals surface area contributed by atoms with Gasteiger partial charge in [0.25, 0.3) is 0 Å². The smallest absolute Gasteiger partial charge is 0.237 e. The largest absolute Gasteiger partial charge is 0.355 e. The Morgan fingerprint density at radius 2 is 1.47 bits per heavy atom. The molecule has 0 bridgehead atoms. The fraction of sp³-hybridized carbons (Fsp3) is 0.552. The van der Waals surface area contributed by atoms with Gasteiger partial charge in [-0.2, -0.15) is 0 Å². The highest BCUT2D eigenvalue weighted by molar-refractivity contribution is 5.81. The van der Waals surface area contributed by atoms with E-state index in [-0.39, 0.29) is 29.5 Å². The van der Waals surface area contributed by atoms with Crippen molar-refractivity contribution in [2.45, 2.75) is 77.2 Å². The molecule has 0 radical (unpaired) electrons. The van der Waals surface area contributed by atoms with Gasteiger partial charge in [-0.3, -0.25) is 4.79 Å². The van der Waals surface area contributed by atoms with Gasteiger partial charge in [0.1, 0.15) is 11.6 Å². The molecule has 1 fully saturated rings. The first kappa shape index (κ1) is 26.3. The molecule has 1 amide bonds. The van der Waals surface area contributed by atoms with Gasteiger partial charge in [-0.15, -0.1) is 0 Å². The van der Waals surface area contributed by atoms with Crippen molar-refractivity contribution >= 4 is 5.91 Å². The third kappa shape index (κ3) is 8.50. The van der Waals surface area contributed by atoms with Gasteiger partial charge in [-0.25, -0.2) is 8.78 Å². The van der Waals surface area contributed by atoms with Crippen LogP contribution in [0.25, 0.3) is 0 Å². The Morgan fingerprint density at radius 1 is 0.912 bits per heavy atom. The van der Waals surface area contributed by atoms with Gasteiger partial charge in [0.15, 0.2) is 0 Å². The minimum atomic E-state index is -0.272. The normalized spacial score (nSPS) is 15.6. The SMILES string of the molecule is CC(C)CC(NCC1CCCCC1)C(=O)NCCCC(c1ccc(F)cc1)c1ccc(F)cc1. The Labute approximate surface area is 203 Å². The zero-order chi connectivity index (χ0) is 24.3. The van der Waals surface area contributed by atoms with Crippen LogP contribution < -0.4 is 10.6 Å². The Bertz CT molecular complexity index is 815. The zero-order valence-corrected chi connectivity index (χ0v) is 20.7. The van der Waals surface area contributed by atoms with Gasteiger partial charge in [0.05, 0.1) is 6.04 Å². The van der Waals surface area contributed by atoms with Crippen molar-refractivity contribution in [3.8, 4) is 0 Å². The molecule has 34 heavy (non-hydrogen) atoms. The second kappa shape index (κ2) is 13.6. The number of benzene rings is 2. The lowest BCUT2D eigenvalue weighted by Gasteiger charge is -2.26. The predicted molar refractivity (Wildman–Crippen MR) is 135 cm³/mol. The molecular weight excluding hydrogens is 430 g/mol. The average molecular weight is 471 g/mol. The molecule has 2 N–H and O–H groups in total. The molecule has 1 atom stereocenters. The number of carbonyl (C=O) groups excluding carboxylic acids is 1. The van der Waals surface area contributed by atoms with Crippen molar-refractivity contribution in [1.29, 1.82) is 0 Å². The van der Waals surface area contributed by atoms with Crippen LogP contribution in [0, 0.1) is 23.5 Å². The summed E-state index contributed by atoms with van der Waals surface area (Å²) in [6, 6.07) is 12.8. The Morgan fingerprint density at radius 3 is 2.00 bits per heavy atom. The fourth-order valence-corrected chi connectivity index (χ4v) is 5.01. The molecule has 0 aliphatic heterocycles. The Hall–Kier alpha value is -2.27. The molecule has 1 unspecified atom stereocenters. The van der Waals surface area contributed by atoms with E-state index in [0.29, 0.717) is 18.4 Å². The molecule has 0 spiro atoms. The van der Waals surface area contributed by atoms with Gasteiger partial charge in [0, 0.05) is 12.5 Å². The van der Waals surface area contributed by atoms with Gasteiger partial charge < -0.3 is 10.6 Å². The summed E-state index contributed by atoms with van der Waals surface area (Å²) in [6.07, 6.45) is 8.85. The maximum atomic E-state index is 13.4. The van der Waals surface area contributed by atoms with Gasteiger partial charge >= 0.3 is 0 Å². The van der Waals surface area contributed by atoms with Crippen LogP contribution in [0.2, 0.25) is 0 Å². The van der Waals surface area contributed by atoms with Crippen molar-refractivity contribution in [3.63, 3.8) is 0 Å². The third-order valence-electron chi connectivity index (χ3n) is 6.91. The summed E-state index contributed by atoms with van der Waals surface area (Å²) in [6.45, 7) is 5.80. The van der Waals surface area contributed by atoms with Crippen LogP contribution in [-0.4, -0.2) is 25.0 Å². The zero-order valence-electron chi connectivity index (χ0n) is 20.7. The highest BCUT2D eigenvalue weighted by Gasteiger charge is 2.22. The predicted octanol–water partition coefficient (Wildman–Crippen LogP) is 6.58. The summed E-state index contributed by atoms with van der Waals surface area (Å²) in [5.41, 5.74) is 1.98. The summed E-state index contributed by atoms with van der Waals surface area (Å²) in [4.78, 5) is 13.0. The Balaban J connectivity index is 1.54. The van der Waals surface area contributed by atoms with Gasteiger partial charge in [0.2, 0.25) is 5.91 Å². The lowest BCUT2D eigenvalue weighted by atomic mass is 9.87. The minimum absolute atomic E-state index is 0.0222. The lowest BCUT2D eigenvalue weighted by molar-refractivity contribution is -0.123. The van der Waals surface area contributed by atoms with Gasteiger partial charge in [-0.05, 0) is 85.9 Å². The monoisotopic (exact) mass is 470 g/mol. The first-order chi connectivity index (χ1) is 16.4. The maximum Gasteiger partial charge on any atom is 0.237 e. The van der Waals surface area contributed by atoms with Crippen LogP contribution in [0.3, 0.4) is 0 Å². The van der Waals surface area contributed by atoms with Crippen molar-refractivity contribution in [2.75, 3.05) is 13.1 Å². The number of hydrogen-bond acceptors (Lipinski definition) is 2. The molecule has 1 aliphatic carbocycles. The molecule has 2 aromatic rings. The first-order valence-corrected chi connectivity index (χ1v) is 12.9. The average Bonchev–Trinajstić information content (AvgIpc) is 2.83. The van der Waals surface area contributed by atoms with E-state index in [0.717, 1.165) is 36.9 Å². The van der Waals surface area contributed by atoms with E-state index in [9.17, 15) is 13.6 Å². The highest BCUT2D eigenvalue weighted by atomic mass is 19.1.